The van der Waals surface area contributed by atoms with Gasteiger partial charge in [-0.2, -0.15) is 0 Å². The van der Waals surface area contributed by atoms with Crippen molar-refractivity contribution in [2.24, 2.45) is 0 Å². The Bertz CT molecular complexity index is 1700. The van der Waals surface area contributed by atoms with Gasteiger partial charge in [-0.25, -0.2) is 14.4 Å². The fraction of sp³-hybridized carbons (Fsp3) is 0.273. The average molecular weight is 585 g/mol. The Labute approximate surface area is 247 Å². The third-order valence-corrected chi connectivity index (χ3v) is 7.78. The molecule has 0 bridgehead atoms. The van der Waals surface area contributed by atoms with E-state index < -0.39 is 23.7 Å². The van der Waals surface area contributed by atoms with Crippen molar-refractivity contribution < 1.29 is 33.8 Å². The van der Waals surface area contributed by atoms with Gasteiger partial charge in [-0.15, -0.1) is 0 Å². The number of hydrogen-bond acceptors (Lipinski definition) is 7. The number of aliphatic carboxylic acids is 1. The molecular formula is C33H32N2O8. The summed E-state index contributed by atoms with van der Waals surface area (Å²) in [4.78, 5) is 49.2. The average Bonchev–Trinajstić information content (AvgIpc) is 3.30. The molecule has 0 saturated heterocycles. The van der Waals surface area contributed by atoms with E-state index in [1.54, 1.807) is 13.0 Å². The predicted octanol–water partition coefficient (Wildman–Crippen LogP) is 4.63. The molecule has 1 atom stereocenters. The second-order valence-corrected chi connectivity index (χ2v) is 10.6. The van der Waals surface area contributed by atoms with Crippen molar-refractivity contribution >= 4 is 28.9 Å². The number of carboxylic acid groups (broad SMARTS) is 1. The summed E-state index contributed by atoms with van der Waals surface area (Å²) in [5, 5.41) is 25.0. The summed E-state index contributed by atoms with van der Waals surface area (Å²) in [5.41, 5.74) is 4.74. The minimum absolute atomic E-state index is 0.0286. The summed E-state index contributed by atoms with van der Waals surface area (Å²) >= 11 is 0. The van der Waals surface area contributed by atoms with E-state index in [0.29, 0.717) is 23.8 Å². The highest BCUT2D eigenvalue weighted by atomic mass is 16.5. The van der Waals surface area contributed by atoms with Crippen LogP contribution >= 0.6 is 0 Å². The van der Waals surface area contributed by atoms with Crippen LogP contribution in [0.25, 0.3) is 22.1 Å². The second kappa shape index (κ2) is 12.8. The molecule has 1 aromatic heterocycles. The molecule has 3 aromatic carbocycles. The first-order valence-corrected chi connectivity index (χ1v) is 14.1. The number of unbranched alkanes of at least 4 members (excludes halogenated alkanes) is 1. The third-order valence-electron chi connectivity index (χ3n) is 7.78. The number of carbonyl (C=O) groups is 3. The number of phenolic OH excluding ortho intramolecular Hbond substituents is 1. The minimum Gasteiger partial charge on any atom is -0.508 e. The number of carboxylic acids is 1. The summed E-state index contributed by atoms with van der Waals surface area (Å²) in [7, 11) is 0. The van der Waals surface area contributed by atoms with Crippen molar-refractivity contribution in [3.8, 4) is 16.9 Å². The molecule has 2 amide bonds. The lowest BCUT2D eigenvalue weighted by atomic mass is 9.98. The SMILES string of the molecule is Cc1c(CC(=O)NCCCC[C@H](NC(=O)OCC2c3ccccc3-c3ccccc32)C(=O)O)c(=O)oc2cc(O)ccc12. The van der Waals surface area contributed by atoms with Gasteiger partial charge >= 0.3 is 17.7 Å². The van der Waals surface area contributed by atoms with Gasteiger partial charge < -0.3 is 30.0 Å². The number of aromatic hydroxyl groups is 1. The Hall–Kier alpha value is -5.12. The number of fused-ring (bicyclic) bond motifs is 4. The molecule has 1 heterocycles. The van der Waals surface area contributed by atoms with Gasteiger partial charge in [-0.1, -0.05) is 48.5 Å². The normalized spacial score (nSPS) is 12.8. The first kappa shape index (κ1) is 29.4. The van der Waals surface area contributed by atoms with Crippen LogP contribution in [0.5, 0.6) is 5.75 Å². The van der Waals surface area contributed by atoms with Gasteiger partial charge in [0, 0.05) is 23.9 Å². The zero-order valence-electron chi connectivity index (χ0n) is 23.6. The van der Waals surface area contributed by atoms with Crippen LogP contribution in [-0.4, -0.2) is 47.4 Å². The quantitative estimate of drug-likeness (QED) is 0.147. The topological polar surface area (TPSA) is 155 Å². The van der Waals surface area contributed by atoms with Crippen LogP contribution in [0, 0.1) is 6.92 Å². The lowest BCUT2D eigenvalue weighted by molar-refractivity contribution is -0.139. The van der Waals surface area contributed by atoms with Crippen LogP contribution in [0.1, 0.15) is 47.4 Å². The number of alkyl carbamates (subject to hydrolysis) is 1. The zero-order chi connectivity index (χ0) is 30.5. The van der Waals surface area contributed by atoms with Crippen LogP contribution in [0.4, 0.5) is 4.79 Å². The molecule has 0 unspecified atom stereocenters. The van der Waals surface area contributed by atoms with Crippen LogP contribution in [0.2, 0.25) is 0 Å². The molecule has 5 rings (SSSR count). The van der Waals surface area contributed by atoms with Crippen molar-refractivity contribution in [1.29, 1.82) is 0 Å². The summed E-state index contributed by atoms with van der Waals surface area (Å²) in [5.74, 6) is -1.72. The summed E-state index contributed by atoms with van der Waals surface area (Å²) in [6.45, 7) is 2.06. The lowest BCUT2D eigenvalue weighted by Gasteiger charge is -2.17. The van der Waals surface area contributed by atoms with Crippen LogP contribution in [0.3, 0.4) is 0 Å². The van der Waals surface area contributed by atoms with Gasteiger partial charge in [0.1, 0.15) is 24.0 Å². The Morgan fingerprint density at radius 1 is 0.977 bits per heavy atom. The van der Waals surface area contributed by atoms with Gasteiger partial charge in [-0.05, 0) is 66.1 Å². The molecule has 0 spiro atoms. The number of benzene rings is 3. The second-order valence-electron chi connectivity index (χ2n) is 10.6. The molecule has 10 heteroatoms. The van der Waals surface area contributed by atoms with Crippen molar-refractivity contribution in [1.82, 2.24) is 10.6 Å². The Morgan fingerprint density at radius 3 is 2.33 bits per heavy atom. The van der Waals surface area contributed by atoms with Crippen molar-refractivity contribution in [2.75, 3.05) is 13.2 Å². The molecular weight excluding hydrogens is 552 g/mol. The van der Waals surface area contributed by atoms with Gasteiger partial charge in [0.25, 0.3) is 0 Å². The highest BCUT2D eigenvalue weighted by Crippen LogP contribution is 2.44. The van der Waals surface area contributed by atoms with Gasteiger partial charge in [0.2, 0.25) is 5.91 Å². The molecule has 0 fully saturated rings. The summed E-state index contributed by atoms with van der Waals surface area (Å²) < 4.78 is 10.7. The molecule has 0 saturated carbocycles. The van der Waals surface area contributed by atoms with Gasteiger partial charge in [-0.3, -0.25) is 4.79 Å². The van der Waals surface area contributed by atoms with E-state index in [2.05, 4.69) is 10.6 Å². The molecule has 0 aliphatic heterocycles. The summed E-state index contributed by atoms with van der Waals surface area (Å²) in [6.07, 6.45) is 0.0535. The maximum absolute atomic E-state index is 12.5. The maximum atomic E-state index is 12.5. The fourth-order valence-corrected chi connectivity index (χ4v) is 5.55. The van der Waals surface area contributed by atoms with E-state index in [0.717, 1.165) is 22.3 Å². The van der Waals surface area contributed by atoms with E-state index >= 15 is 0 Å². The van der Waals surface area contributed by atoms with Crippen molar-refractivity contribution in [2.45, 2.75) is 44.6 Å². The molecule has 4 aromatic rings. The van der Waals surface area contributed by atoms with Crippen LogP contribution < -0.4 is 16.3 Å². The number of phenols is 1. The Morgan fingerprint density at radius 2 is 1.65 bits per heavy atom. The maximum Gasteiger partial charge on any atom is 0.407 e. The van der Waals surface area contributed by atoms with E-state index in [9.17, 15) is 29.4 Å². The monoisotopic (exact) mass is 584 g/mol. The van der Waals surface area contributed by atoms with Crippen LogP contribution in [0.15, 0.2) is 75.9 Å². The highest BCUT2D eigenvalue weighted by Gasteiger charge is 2.29. The standard InChI is InChI=1S/C33H32N2O8/c1-19-21-14-13-20(36)16-29(21)43-32(40)26(19)17-30(37)34-15-7-6-12-28(31(38)39)35-33(41)42-18-27-24-10-4-2-8-22(24)23-9-3-5-11-25(23)27/h2-5,8-11,13-14,16,27-28,36H,6-7,12,15,17-18H2,1H3,(H,34,37)(H,35,41)(H,38,39)/t28-/m0/s1. The molecule has 0 radical (unpaired) electrons. The number of ether oxygens (including phenoxy) is 1. The molecule has 43 heavy (non-hydrogen) atoms. The Kier molecular flexibility index (Phi) is 8.75. The van der Waals surface area contributed by atoms with E-state index in [4.69, 9.17) is 9.15 Å². The van der Waals surface area contributed by atoms with Crippen molar-refractivity contribution in [3.05, 3.63) is 99.4 Å². The largest absolute Gasteiger partial charge is 0.508 e. The number of amides is 2. The first-order valence-electron chi connectivity index (χ1n) is 14.1. The number of rotatable bonds is 11. The zero-order valence-corrected chi connectivity index (χ0v) is 23.6. The molecule has 10 nitrogen and oxygen atoms in total. The molecule has 4 N–H and O–H groups in total. The smallest absolute Gasteiger partial charge is 0.407 e. The van der Waals surface area contributed by atoms with Gasteiger partial charge in [0.15, 0.2) is 0 Å². The molecule has 1 aliphatic rings. The number of hydrogen-bond donors (Lipinski definition) is 4. The van der Waals surface area contributed by atoms with Crippen LogP contribution in [-0.2, 0) is 20.7 Å². The number of nitrogens with one attached hydrogen (secondary N) is 2. The van der Waals surface area contributed by atoms with E-state index in [-0.39, 0.29) is 54.7 Å². The summed E-state index contributed by atoms with van der Waals surface area (Å²) in [6, 6.07) is 19.2. The molecule has 1 aliphatic carbocycles. The molecule has 222 valence electrons. The number of aryl methyl sites for hydroxylation is 1. The fourth-order valence-electron chi connectivity index (χ4n) is 5.55. The Balaban J connectivity index is 1.07. The lowest BCUT2D eigenvalue weighted by Crippen LogP contribution is -2.41. The van der Waals surface area contributed by atoms with E-state index in [1.165, 1.54) is 12.1 Å². The van der Waals surface area contributed by atoms with Gasteiger partial charge in [0.05, 0.1) is 12.0 Å². The minimum atomic E-state index is -1.18. The predicted molar refractivity (Wildman–Crippen MR) is 159 cm³/mol. The highest BCUT2D eigenvalue weighted by molar-refractivity contribution is 5.85. The van der Waals surface area contributed by atoms with Crippen molar-refractivity contribution in [3.63, 3.8) is 0 Å². The van der Waals surface area contributed by atoms with E-state index in [1.807, 2.05) is 48.5 Å². The first-order chi connectivity index (χ1) is 20.7. The third kappa shape index (κ3) is 6.53. The number of carbonyl (C=O) groups excluding carboxylic acids is 2.